The molecule has 1 saturated carbocycles. The summed E-state index contributed by atoms with van der Waals surface area (Å²) in [4.78, 5) is 6.65. The van der Waals surface area contributed by atoms with E-state index in [4.69, 9.17) is 0 Å². The number of nitrogens with zero attached hydrogens (tertiary/aromatic N) is 7. The van der Waals surface area contributed by atoms with Crippen LogP contribution in [0.4, 0.5) is 5.82 Å². The summed E-state index contributed by atoms with van der Waals surface area (Å²) in [7, 11) is 0. The number of hydrogen-bond acceptors (Lipinski definition) is 6. The first-order valence-electron chi connectivity index (χ1n) is 9.52. The Morgan fingerprint density at radius 1 is 1.07 bits per heavy atom. The maximum atomic E-state index is 4.64. The van der Waals surface area contributed by atoms with Crippen LogP contribution in [0.15, 0.2) is 54.2 Å². The van der Waals surface area contributed by atoms with Crippen molar-refractivity contribution in [1.82, 2.24) is 30.0 Å². The molecule has 3 aliphatic rings. The highest BCUT2D eigenvalue weighted by Gasteiger charge is 2.47. The monoisotopic (exact) mass is 360 g/mol. The van der Waals surface area contributed by atoms with Gasteiger partial charge in [0.15, 0.2) is 0 Å². The molecule has 8 heteroatoms. The summed E-state index contributed by atoms with van der Waals surface area (Å²) in [5.74, 6) is 2.34. The van der Waals surface area contributed by atoms with Crippen LogP contribution < -0.4 is 10.3 Å². The lowest BCUT2D eigenvalue weighted by Crippen LogP contribution is -2.54. The highest BCUT2D eigenvalue weighted by Crippen LogP contribution is 2.45. The van der Waals surface area contributed by atoms with Crippen molar-refractivity contribution in [3.8, 4) is 11.3 Å². The summed E-state index contributed by atoms with van der Waals surface area (Å²) in [6.07, 6.45) is 10.9. The topological polar surface area (TPSA) is 76.2 Å². The number of aromatic nitrogens is 5. The highest BCUT2D eigenvalue weighted by molar-refractivity contribution is 5.98. The van der Waals surface area contributed by atoms with Gasteiger partial charge in [0.05, 0.1) is 18.7 Å². The smallest absolute Gasteiger partial charge is 0.252 e. The molecular weight excluding hydrogens is 340 g/mol. The van der Waals surface area contributed by atoms with Crippen molar-refractivity contribution in [1.29, 1.82) is 0 Å². The number of nitrogens with one attached hydrogen (secondary N) is 1. The zero-order chi connectivity index (χ0) is 17.8. The van der Waals surface area contributed by atoms with E-state index < -0.39 is 0 Å². The molecule has 0 saturated heterocycles. The molecule has 1 N–H and O–H groups in total. The molecule has 0 radical (unpaired) electrons. The van der Waals surface area contributed by atoms with Gasteiger partial charge in [-0.15, -0.1) is 10.2 Å². The molecule has 0 amide bonds. The summed E-state index contributed by atoms with van der Waals surface area (Å²) in [5, 5.41) is 13.3. The summed E-state index contributed by atoms with van der Waals surface area (Å²) < 4.78 is 4.08. The van der Waals surface area contributed by atoms with E-state index >= 15 is 0 Å². The number of hydrogen-bond donors (Lipinski definition) is 1. The van der Waals surface area contributed by atoms with Crippen molar-refractivity contribution in [2.24, 2.45) is 11.0 Å². The van der Waals surface area contributed by atoms with Crippen LogP contribution in [0, 0.1) is 5.92 Å². The van der Waals surface area contributed by atoms with Crippen LogP contribution in [-0.4, -0.2) is 36.7 Å². The predicted molar refractivity (Wildman–Crippen MR) is 101 cm³/mol. The largest absolute Gasteiger partial charge is 0.314 e. The van der Waals surface area contributed by atoms with Crippen molar-refractivity contribution in [2.45, 2.75) is 37.9 Å². The Morgan fingerprint density at radius 3 is 2.89 bits per heavy atom. The lowest BCUT2D eigenvalue weighted by Gasteiger charge is -2.45. The first-order chi connectivity index (χ1) is 13.4. The molecule has 136 valence electrons. The van der Waals surface area contributed by atoms with Crippen LogP contribution in [0.1, 0.15) is 31.7 Å². The fourth-order valence-electron chi connectivity index (χ4n) is 4.75. The number of fused-ring (bicyclic) bond motifs is 6. The number of anilines is 1. The zero-order valence-corrected chi connectivity index (χ0v) is 14.8. The van der Waals surface area contributed by atoms with Gasteiger partial charge in [-0.2, -0.15) is 4.68 Å². The second-order valence-electron chi connectivity index (χ2n) is 7.44. The van der Waals surface area contributed by atoms with E-state index in [1.54, 1.807) is 4.68 Å². The Bertz CT molecular complexity index is 1000. The van der Waals surface area contributed by atoms with Gasteiger partial charge < -0.3 is 4.57 Å². The zero-order valence-electron chi connectivity index (χ0n) is 14.8. The summed E-state index contributed by atoms with van der Waals surface area (Å²) in [6, 6.07) is 10.6. The van der Waals surface area contributed by atoms with Crippen LogP contribution in [0.2, 0.25) is 0 Å². The lowest BCUT2D eigenvalue weighted by molar-refractivity contribution is 0.175. The fourth-order valence-corrected chi connectivity index (χ4v) is 4.75. The van der Waals surface area contributed by atoms with Crippen LogP contribution in [-0.2, 0) is 0 Å². The van der Waals surface area contributed by atoms with E-state index in [1.807, 2.05) is 49.1 Å². The van der Waals surface area contributed by atoms with Gasteiger partial charge in [-0.05, 0) is 12.8 Å². The van der Waals surface area contributed by atoms with Gasteiger partial charge in [0.25, 0.3) is 5.96 Å². The molecule has 8 nitrogen and oxygen atoms in total. The van der Waals surface area contributed by atoms with E-state index in [2.05, 4.69) is 35.3 Å². The van der Waals surface area contributed by atoms with E-state index in [-0.39, 0.29) is 6.17 Å². The summed E-state index contributed by atoms with van der Waals surface area (Å²) >= 11 is 0. The molecule has 2 aliphatic heterocycles. The molecule has 3 aromatic rings. The fraction of sp³-hybridized carbons (Fsp3) is 0.368. The molecule has 1 aromatic carbocycles. The third-order valence-corrected chi connectivity index (χ3v) is 6.00. The van der Waals surface area contributed by atoms with Gasteiger partial charge in [0.2, 0.25) is 0 Å². The Hall–Kier alpha value is -3.16. The highest BCUT2D eigenvalue weighted by atomic mass is 15.6. The molecule has 0 spiro atoms. The average Bonchev–Trinajstić information content (AvgIpc) is 3.46. The van der Waals surface area contributed by atoms with Gasteiger partial charge in [-0.1, -0.05) is 48.4 Å². The maximum absolute atomic E-state index is 4.64. The Kier molecular flexibility index (Phi) is 3.14. The Balaban J connectivity index is 1.40. The van der Waals surface area contributed by atoms with Crippen molar-refractivity contribution < 1.29 is 0 Å². The molecule has 1 aliphatic carbocycles. The van der Waals surface area contributed by atoms with Crippen LogP contribution in [0.5, 0.6) is 0 Å². The van der Waals surface area contributed by atoms with Gasteiger partial charge in [0.1, 0.15) is 17.7 Å². The minimum Gasteiger partial charge on any atom is -0.314 e. The number of hydrazone groups is 1. The van der Waals surface area contributed by atoms with Crippen molar-refractivity contribution in [3.63, 3.8) is 0 Å². The van der Waals surface area contributed by atoms with E-state index in [0.29, 0.717) is 12.0 Å². The molecule has 27 heavy (non-hydrogen) atoms. The maximum Gasteiger partial charge on any atom is 0.252 e. The predicted octanol–water partition coefficient (Wildman–Crippen LogP) is 2.44. The van der Waals surface area contributed by atoms with Gasteiger partial charge in [0, 0.05) is 17.5 Å². The third-order valence-electron chi connectivity index (χ3n) is 6.00. The number of rotatable bonds is 1. The Labute approximate surface area is 156 Å². The minimum atomic E-state index is 0.152. The van der Waals surface area contributed by atoms with Crippen LogP contribution >= 0.6 is 0 Å². The summed E-state index contributed by atoms with van der Waals surface area (Å²) in [6.45, 7) is 0. The first kappa shape index (κ1) is 15.0. The SMILES string of the molecule is c1ccc(-c2cn(C3=NNC4C5CCCCC5n5cncc5N34)nn2)cc1. The lowest BCUT2D eigenvalue weighted by atomic mass is 9.80. The molecule has 3 unspecified atom stereocenters. The molecule has 6 rings (SSSR count). The molecule has 1 fully saturated rings. The van der Waals surface area contributed by atoms with Gasteiger partial charge >= 0.3 is 0 Å². The second kappa shape index (κ2) is 5.67. The third kappa shape index (κ3) is 2.16. The first-order valence-corrected chi connectivity index (χ1v) is 9.52. The molecular formula is C19H20N8. The van der Waals surface area contributed by atoms with Gasteiger partial charge in [-0.3, -0.25) is 10.3 Å². The van der Waals surface area contributed by atoms with Crippen LogP contribution in [0.3, 0.4) is 0 Å². The normalized spacial score (nSPS) is 26.0. The molecule has 4 heterocycles. The molecule has 3 atom stereocenters. The standard InChI is InChI=1S/C19H20N8/c1-2-6-13(7-3-1)15-11-26(24-21-15)19-23-22-18-14-8-4-5-9-16(14)25-12-20-10-17(25)27(18)19/h1-3,6-7,10-12,14,16,18,22H,4-5,8-9H2. The number of imidazole rings is 1. The summed E-state index contributed by atoms with van der Waals surface area (Å²) in [5.41, 5.74) is 5.25. The minimum absolute atomic E-state index is 0.152. The van der Waals surface area contributed by atoms with Crippen LogP contribution in [0.25, 0.3) is 11.3 Å². The van der Waals surface area contributed by atoms with E-state index in [9.17, 15) is 0 Å². The van der Waals surface area contributed by atoms with E-state index in [1.165, 1.54) is 25.7 Å². The van der Waals surface area contributed by atoms with Crippen molar-refractivity contribution >= 4 is 11.8 Å². The van der Waals surface area contributed by atoms with Crippen molar-refractivity contribution in [3.05, 3.63) is 49.1 Å². The average molecular weight is 360 g/mol. The second-order valence-corrected chi connectivity index (χ2v) is 7.44. The van der Waals surface area contributed by atoms with Gasteiger partial charge in [-0.25, -0.2) is 4.98 Å². The van der Waals surface area contributed by atoms with Crippen molar-refractivity contribution in [2.75, 3.05) is 4.90 Å². The number of benzene rings is 1. The Morgan fingerprint density at radius 2 is 1.96 bits per heavy atom. The van der Waals surface area contributed by atoms with E-state index in [0.717, 1.165) is 23.0 Å². The molecule has 0 bridgehead atoms. The molecule has 2 aromatic heterocycles. The quantitative estimate of drug-likeness (QED) is 0.721.